The third-order valence-electron chi connectivity index (χ3n) is 21.4. The van der Waals surface area contributed by atoms with Gasteiger partial charge in [0.1, 0.15) is 23.4 Å². The van der Waals surface area contributed by atoms with E-state index in [0.29, 0.717) is 37.4 Å². The standard InChI is InChI=1S/C27H37NO5.C27H35NO5/c2*1-15(29)28-12-11-26-20-16-7-8-17(30)21(20)33-22(26)27(32-6)10-9-25(26,19(28)13-16)14-18(27)24(5,31)23(2,3)4/h7-8,18-19,22,30-31H,9-14H2,1-6H3;7-10,18-19,22,30-31H,11-14H2,1-6H3/t2*18-,19-,22-,24+,25-,26+,27-/m11/s1. The smallest absolute Gasteiger partial charge is 0.219 e. The van der Waals surface area contributed by atoms with E-state index in [0.717, 1.165) is 55.2 Å². The fraction of sp³-hybridized carbons (Fsp3) is 0.704. The second-order valence-corrected chi connectivity index (χ2v) is 24.8. The normalized spacial score (nSPS) is 41.7. The molecule has 14 rings (SSSR count). The van der Waals surface area contributed by atoms with Crippen molar-refractivity contribution in [2.24, 2.45) is 33.5 Å². The van der Waals surface area contributed by atoms with E-state index in [-0.39, 0.29) is 75.7 Å². The van der Waals surface area contributed by atoms with Crippen LogP contribution in [0.15, 0.2) is 36.4 Å². The van der Waals surface area contributed by atoms with Gasteiger partial charge in [-0.25, -0.2) is 0 Å². The van der Waals surface area contributed by atoms with Gasteiger partial charge in [0.15, 0.2) is 23.0 Å². The van der Waals surface area contributed by atoms with Gasteiger partial charge in [-0.05, 0) is 99.3 Å². The van der Waals surface area contributed by atoms with Crippen molar-refractivity contribution in [3.8, 4) is 23.0 Å². The lowest BCUT2D eigenvalue weighted by atomic mass is 9.33. The van der Waals surface area contributed by atoms with Gasteiger partial charge in [-0.2, -0.15) is 0 Å². The maximum absolute atomic E-state index is 12.8. The molecule has 4 spiro atoms. The molecule has 358 valence electrons. The van der Waals surface area contributed by atoms with Crippen molar-refractivity contribution >= 4 is 11.8 Å². The monoisotopic (exact) mass is 909 g/mol. The number of ether oxygens (including phenoxy) is 4. The van der Waals surface area contributed by atoms with E-state index in [9.17, 15) is 30.0 Å². The van der Waals surface area contributed by atoms with E-state index >= 15 is 0 Å². The number of aromatic hydroxyl groups is 2. The summed E-state index contributed by atoms with van der Waals surface area (Å²) in [7, 11) is 3.47. The summed E-state index contributed by atoms with van der Waals surface area (Å²) in [5.41, 5.74) is -1.08. The summed E-state index contributed by atoms with van der Waals surface area (Å²) in [5.74, 6) is 1.32. The number of nitrogens with zero attached hydrogens (tertiary/aromatic N) is 2. The van der Waals surface area contributed by atoms with Crippen LogP contribution in [-0.4, -0.2) is 116 Å². The Kier molecular flexibility index (Phi) is 8.84. The zero-order valence-corrected chi connectivity index (χ0v) is 41.1. The lowest BCUT2D eigenvalue weighted by Crippen LogP contribution is -2.83. The number of fused-ring (bicyclic) bond motifs is 3. The Balaban J connectivity index is 0.000000146. The molecule has 12 nitrogen and oxygen atoms in total. The Morgan fingerprint density at radius 3 is 1.71 bits per heavy atom. The van der Waals surface area contributed by atoms with Gasteiger partial charge in [0, 0.05) is 92.4 Å². The van der Waals surface area contributed by atoms with Crippen LogP contribution in [0, 0.1) is 33.5 Å². The predicted molar refractivity (Wildman–Crippen MR) is 246 cm³/mol. The summed E-state index contributed by atoms with van der Waals surface area (Å²) in [5, 5.41) is 45.8. The number of methoxy groups -OCH3 is 2. The maximum Gasteiger partial charge on any atom is 0.219 e. The first-order chi connectivity index (χ1) is 30.7. The molecule has 2 aromatic carbocycles. The summed E-state index contributed by atoms with van der Waals surface area (Å²) in [6.45, 7) is 21.0. The minimum atomic E-state index is -1.06. The third-order valence-corrected chi connectivity index (χ3v) is 21.4. The number of phenolic OH excluding ortho intramolecular Hbond substituents is 2. The number of aliphatic hydroxyl groups is 2. The van der Waals surface area contributed by atoms with Crippen molar-refractivity contribution in [3.05, 3.63) is 58.7 Å². The van der Waals surface area contributed by atoms with Gasteiger partial charge in [-0.3, -0.25) is 9.59 Å². The van der Waals surface area contributed by atoms with Crippen LogP contribution >= 0.6 is 0 Å². The van der Waals surface area contributed by atoms with Gasteiger partial charge in [0.2, 0.25) is 11.8 Å². The molecule has 0 unspecified atom stereocenters. The predicted octanol–water partition coefficient (Wildman–Crippen LogP) is 6.88. The highest BCUT2D eigenvalue weighted by atomic mass is 16.6. The van der Waals surface area contributed by atoms with Crippen molar-refractivity contribution in [2.75, 3.05) is 27.3 Å². The Morgan fingerprint density at radius 2 is 1.17 bits per heavy atom. The number of carbonyl (C=O) groups excluding carboxylic acids is 2. The van der Waals surface area contributed by atoms with Gasteiger partial charge >= 0.3 is 0 Å². The molecule has 8 aliphatic carbocycles. The molecular weight excluding hydrogens is 837 g/mol. The molecule has 2 saturated heterocycles. The van der Waals surface area contributed by atoms with Gasteiger partial charge < -0.3 is 49.2 Å². The SMILES string of the molecule is CO[C@]12C=C[C@@]3(C[C@@H]1[C@](C)(O)C(C)(C)C)[C@H]1Cc4ccc(O)c5c4[C@@]3(CCN1C(C)=O)[C@H]2O5.CO[C@]12CC[C@@]3(C[C@@H]1[C@](C)(O)C(C)(C)C)[C@H]1Cc4ccc(O)c5c4[C@@]3(CCN1C(C)=O)[C@H]2O5. The van der Waals surface area contributed by atoms with E-state index < -0.39 is 38.6 Å². The lowest BCUT2D eigenvalue weighted by molar-refractivity contribution is -0.310. The zero-order valence-electron chi connectivity index (χ0n) is 41.1. The quantitative estimate of drug-likeness (QED) is 0.239. The van der Waals surface area contributed by atoms with E-state index in [4.69, 9.17) is 18.9 Å². The number of benzene rings is 2. The van der Waals surface area contributed by atoms with Crippen LogP contribution in [0.2, 0.25) is 0 Å². The summed E-state index contributed by atoms with van der Waals surface area (Å²) >= 11 is 0. The average Bonchev–Trinajstić information content (AvgIpc) is 3.81. The molecule has 2 amide bonds. The number of likely N-dealkylation sites (tertiary alicyclic amines) is 2. The zero-order chi connectivity index (χ0) is 47.5. The van der Waals surface area contributed by atoms with Crippen LogP contribution in [0.1, 0.15) is 130 Å². The number of piperidine rings is 2. The second-order valence-electron chi connectivity index (χ2n) is 24.8. The molecule has 12 heteroatoms. The number of hydrogen-bond acceptors (Lipinski definition) is 10. The fourth-order valence-electron chi connectivity index (χ4n) is 17.4. The van der Waals surface area contributed by atoms with Gasteiger partial charge in [0.25, 0.3) is 0 Å². The molecule has 4 aliphatic heterocycles. The van der Waals surface area contributed by atoms with Crippen LogP contribution in [0.25, 0.3) is 0 Å². The summed E-state index contributed by atoms with van der Waals surface area (Å²) in [4.78, 5) is 29.8. The van der Waals surface area contributed by atoms with Crippen molar-refractivity contribution in [1.82, 2.24) is 9.80 Å². The number of amides is 2. The molecule has 4 N–H and O–H groups in total. The van der Waals surface area contributed by atoms with E-state index in [2.05, 4.69) is 58.6 Å². The molecular formula is C54H72N2O10. The summed E-state index contributed by atoms with van der Waals surface area (Å²) in [6, 6.07) is 7.51. The third kappa shape index (κ3) is 4.68. The largest absolute Gasteiger partial charge is 0.504 e. The van der Waals surface area contributed by atoms with Crippen LogP contribution in [0.3, 0.4) is 0 Å². The van der Waals surface area contributed by atoms with Gasteiger partial charge in [-0.15, -0.1) is 0 Å². The number of rotatable bonds is 4. The summed E-state index contributed by atoms with van der Waals surface area (Å²) in [6.07, 6.45) is 9.95. The molecule has 0 radical (unpaired) electrons. The molecule has 2 aromatic rings. The van der Waals surface area contributed by atoms with Gasteiger partial charge in [0.05, 0.1) is 16.6 Å². The fourth-order valence-corrected chi connectivity index (χ4v) is 17.4. The summed E-state index contributed by atoms with van der Waals surface area (Å²) < 4.78 is 26.3. The lowest BCUT2D eigenvalue weighted by Gasteiger charge is -2.75. The van der Waals surface area contributed by atoms with Crippen molar-refractivity contribution in [3.63, 3.8) is 0 Å². The Bertz CT molecular complexity index is 2490. The van der Waals surface area contributed by atoms with Crippen molar-refractivity contribution < 1.29 is 49.0 Å². The molecule has 4 heterocycles. The van der Waals surface area contributed by atoms with E-state index in [1.807, 2.05) is 30.9 Å². The number of phenols is 2. The highest BCUT2D eigenvalue weighted by Crippen LogP contribution is 2.79. The molecule has 6 fully saturated rings. The van der Waals surface area contributed by atoms with E-state index in [1.54, 1.807) is 40.2 Å². The second kappa shape index (κ2) is 13.1. The number of hydrogen-bond donors (Lipinski definition) is 4. The highest BCUT2D eigenvalue weighted by Gasteiger charge is 2.84. The van der Waals surface area contributed by atoms with E-state index in [1.165, 1.54) is 5.56 Å². The van der Waals surface area contributed by atoms with Crippen LogP contribution in [0.5, 0.6) is 23.0 Å². The molecule has 4 saturated carbocycles. The Hall–Kier alpha value is -3.84. The molecule has 66 heavy (non-hydrogen) atoms. The average molecular weight is 909 g/mol. The maximum atomic E-state index is 12.8. The van der Waals surface area contributed by atoms with Gasteiger partial charge in [-0.1, -0.05) is 65.8 Å². The first-order valence-corrected chi connectivity index (χ1v) is 24.6. The first kappa shape index (κ1) is 44.7. The molecule has 14 atom stereocenters. The van der Waals surface area contributed by atoms with Crippen LogP contribution in [0.4, 0.5) is 0 Å². The minimum absolute atomic E-state index is 0.0254. The molecule has 12 aliphatic rings. The van der Waals surface area contributed by atoms with Crippen LogP contribution in [-0.2, 0) is 42.7 Å². The Labute approximate surface area is 390 Å². The van der Waals surface area contributed by atoms with Crippen LogP contribution < -0.4 is 9.47 Å². The molecule has 0 aromatic heterocycles. The topological polar surface area (TPSA) is 158 Å². The first-order valence-electron chi connectivity index (χ1n) is 24.6. The highest BCUT2D eigenvalue weighted by molar-refractivity contribution is 5.77. The minimum Gasteiger partial charge on any atom is -0.504 e. The number of carbonyl (C=O) groups is 2. The molecule has 8 bridgehead atoms. The van der Waals surface area contributed by atoms with Crippen molar-refractivity contribution in [1.29, 1.82) is 0 Å². The van der Waals surface area contributed by atoms with Crippen molar-refractivity contribution in [2.45, 2.75) is 178 Å². The Morgan fingerprint density at radius 1 is 0.652 bits per heavy atom.